The van der Waals surface area contributed by atoms with E-state index in [1.807, 2.05) is 84.9 Å². The van der Waals surface area contributed by atoms with Gasteiger partial charge in [0.15, 0.2) is 5.84 Å². The highest BCUT2D eigenvalue weighted by Gasteiger charge is 2.17. The molecular weight excluding hydrogens is 578 g/mol. The number of ether oxygens (including phenoxy) is 1. The number of aromatic nitrogens is 2. The van der Waals surface area contributed by atoms with Crippen molar-refractivity contribution < 1.29 is 14.7 Å². The fraction of sp³-hybridized carbons (Fsp3) is 0.351. The summed E-state index contributed by atoms with van der Waals surface area (Å²) in [5.74, 6) is 0.438. The van der Waals surface area contributed by atoms with E-state index in [1.54, 1.807) is 37.3 Å². The lowest BCUT2D eigenvalue weighted by atomic mass is 9.96. The van der Waals surface area contributed by atoms with Crippen molar-refractivity contribution in [2.24, 2.45) is 5.16 Å². The molecule has 0 radical (unpaired) electrons. The molecule has 0 aliphatic carbocycles. The number of amidine groups is 1. The third kappa shape index (κ3) is 10.9. The minimum Gasteiger partial charge on any atom is -0.491 e. The molecule has 0 atom stereocenters. The van der Waals surface area contributed by atoms with Gasteiger partial charge in [0, 0.05) is 30.2 Å². The molecule has 2 aromatic carbocycles. The number of benzene rings is 2. The van der Waals surface area contributed by atoms with E-state index in [0.29, 0.717) is 41.1 Å². The molecular formula is C37H51N5O4. The molecule has 3 aromatic rings. The number of nitrogens with two attached hydrogens (primary N) is 1. The van der Waals surface area contributed by atoms with Crippen molar-refractivity contribution in [1.82, 2.24) is 14.9 Å². The van der Waals surface area contributed by atoms with Crippen molar-refractivity contribution in [3.05, 3.63) is 112 Å². The standard InChI is InChI=1S/C33H39N5O4.2C2H6/c1-7-11-30-29(32(40)38(33(34)36-30)22(5)14-19-26(8-2)42-21(3)4)20-24-15-17-25(18-16-24)27-12-9-10-13-28(27)31(37-41)35-23(6)39;2*1-2/h8-10,12-19,21,41H,2,7,11,20H2,1,3-6H3,(H2,34,36)(H,35,37,39);2*1-2H3/b22-14+,26-19+;;. The molecule has 1 amide bonds. The Hall–Kier alpha value is -4.92. The molecule has 0 unspecified atom stereocenters. The Morgan fingerprint density at radius 1 is 1.09 bits per heavy atom. The predicted octanol–water partition coefficient (Wildman–Crippen LogP) is 7.72. The second kappa shape index (κ2) is 20.2. The lowest BCUT2D eigenvalue weighted by Gasteiger charge is -2.16. The van der Waals surface area contributed by atoms with Gasteiger partial charge in [-0.15, -0.1) is 0 Å². The summed E-state index contributed by atoms with van der Waals surface area (Å²) < 4.78 is 7.13. The lowest BCUT2D eigenvalue weighted by molar-refractivity contribution is -0.117. The predicted molar refractivity (Wildman–Crippen MR) is 191 cm³/mol. The number of amides is 1. The van der Waals surface area contributed by atoms with Crippen molar-refractivity contribution in [3.63, 3.8) is 0 Å². The van der Waals surface area contributed by atoms with E-state index in [9.17, 15) is 14.8 Å². The molecule has 4 N–H and O–H groups in total. The fourth-order valence-corrected chi connectivity index (χ4v) is 4.55. The van der Waals surface area contributed by atoms with Crippen LogP contribution in [0.2, 0.25) is 0 Å². The van der Waals surface area contributed by atoms with Crippen LogP contribution in [0.25, 0.3) is 16.8 Å². The number of hydrogen-bond acceptors (Lipinski definition) is 7. The highest BCUT2D eigenvalue weighted by Crippen LogP contribution is 2.25. The van der Waals surface area contributed by atoms with Gasteiger partial charge in [0.1, 0.15) is 5.76 Å². The summed E-state index contributed by atoms with van der Waals surface area (Å²) in [7, 11) is 0. The minimum atomic E-state index is -0.343. The first-order valence-corrected chi connectivity index (χ1v) is 15.9. The van der Waals surface area contributed by atoms with E-state index in [0.717, 1.165) is 23.1 Å². The summed E-state index contributed by atoms with van der Waals surface area (Å²) in [6.45, 7) is 20.8. The van der Waals surface area contributed by atoms with Crippen LogP contribution in [0.15, 0.2) is 89.0 Å². The Bertz CT molecular complexity index is 1580. The molecule has 0 saturated heterocycles. The summed E-state index contributed by atoms with van der Waals surface area (Å²) in [6.07, 6.45) is 6.93. The summed E-state index contributed by atoms with van der Waals surface area (Å²) in [4.78, 5) is 30.0. The molecule has 9 nitrogen and oxygen atoms in total. The van der Waals surface area contributed by atoms with Crippen LogP contribution >= 0.6 is 0 Å². The molecule has 3 rings (SSSR count). The van der Waals surface area contributed by atoms with Crippen molar-refractivity contribution in [2.45, 2.75) is 87.7 Å². The Morgan fingerprint density at radius 2 is 1.72 bits per heavy atom. The highest BCUT2D eigenvalue weighted by atomic mass is 16.5. The van der Waals surface area contributed by atoms with Gasteiger partial charge in [0.05, 0.1) is 11.8 Å². The molecule has 0 aliphatic rings. The number of hydrogen-bond donors (Lipinski definition) is 3. The zero-order valence-corrected chi connectivity index (χ0v) is 28.8. The van der Waals surface area contributed by atoms with Crippen molar-refractivity contribution in [2.75, 3.05) is 5.73 Å². The third-order valence-corrected chi connectivity index (χ3v) is 6.41. The SMILES string of the molecule is C=C/C(=C\C=C(/C)n1c(N)nc(CCC)c(Cc2ccc(-c3ccccc3/C(=N/O)NC(C)=O)cc2)c1=O)OC(C)C.CC.CC. The lowest BCUT2D eigenvalue weighted by Crippen LogP contribution is -2.29. The molecule has 0 aliphatic heterocycles. The quantitative estimate of drug-likeness (QED) is 0.0497. The van der Waals surface area contributed by atoms with Crippen LogP contribution < -0.4 is 16.6 Å². The zero-order chi connectivity index (χ0) is 34.8. The molecule has 46 heavy (non-hydrogen) atoms. The van der Waals surface area contributed by atoms with Crippen LogP contribution in [-0.2, 0) is 22.4 Å². The van der Waals surface area contributed by atoms with E-state index in [1.165, 1.54) is 11.5 Å². The number of nitrogens with zero attached hydrogens (tertiary/aromatic N) is 3. The van der Waals surface area contributed by atoms with E-state index < -0.39 is 0 Å². The summed E-state index contributed by atoms with van der Waals surface area (Å²) in [5, 5.41) is 15.3. The Labute approximate surface area is 274 Å². The van der Waals surface area contributed by atoms with Crippen molar-refractivity contribution >= 4 is 23.4 Å². The van der Waals surface area contributed by atoms with E-state index >= 15 is 0 Å². The van der Waals surface area contributed by atoms with Crippen LogP contribution in [-0.4, -0.2) is 32.6 Å². The van der Waals surface area contributed by atoms with E-state index in [4.69, 9.17) is 10.5 Å². The number of carbonyl (C=O) groups is 1. The third-order valence-electron chi connectivity index (χ3n) is 6.41. The molecule has 0 fully saturated rings. The summed E-state index contributed by atoms with van der Waals surface area (Å²) in [5.41, 5.74) is 11.1. The Morgan fingerprint density at radius 3 is 2.26 bits per heavy atom. The number of nitrogen functional groups attached to an aromatic ring is 1. The van der Waals surface area contributed by atoms with Crippen molar-refractivity contribution in [1.29, 1.82) is 0 Å². The molecule has 248 valence electrons. The molecule has 0 bridgehead atoms. The first-order valence-electron chi connectivity index (χ1n) is 15.9. The van der Waals surface area contributed by atoms with Gasteiger partial charge < -0.3 is 21.0 Å². The number of aryl methyl sites for hydroxylation is 1. The molecule has 1 heterocycles. The van der Waals surface area contributed by atoms with Crippen LogP contribution in [0.3, 0.4) is 0 Å². The normalized spacial score (nSPS) is 11.6. The van der Waals surface area contributed by atoms with Crippen molar-refractivity contribution in [3.8, 4) is 11.1 Å². The van der Waals surface area contributed by atoms with Gasteiger partial charge in [-0.05, 0) is 62.1 Å². The largest absolute Gasteiger partial charge is 0.491 e. The number of carbonyl (C=O) groups excluding carboxylic acids is 1. The second-order valence-corrected chi connectivity index (χ2v) is 10.1. The van der Waals surface area contributed by atoms with Crippen LogP contribution in [0.5, 0.6) is 0 Å². The summed E-state index contributed by atoms with van der Waals surface area (Å²) >= 11 is 0. The summed E-state index contributed by atoms with van der Waals surface area (Å²) in [6, 6.07) is 15.1. The second-order valence-electron chi connectivity index (χ2n) is 10.1. The van der Waals surface area contributed by atoms with Crippen LogP contribution in [0, 0.1) is 0 Å². The smallest absolute Gasteiger partial charge is 0.263 e. The van der Waals surface area contributed by atoms with Gasteiger partial charge in [-0.3, -0.25) is 14.2 Å². The number of rotatable bonds is 11. The van der Waals surface area contributed by atoms with Gasteiger partial charge in [-0.2, -0.15) is 0 Å². The van der Waals surface area contributed by atoms with Gasteiger partial charge in [0.25, 0.3) is 5.56 Å². The first kappa shape index (κ1) is 39.1. The maximum atomic E-state index is 13.8. The Balaban J connectivity index is 0.00000254. The van der Waals surface area contributed by atoms with Gasteiger partial charge in [0.2, 0.25) is 11.9 Å². The number of nitrogens with one attached hydrogen (secondary N) is 1. The number of anilines is 1. The van der Waals surface area contributed by atoms with Crippen LogP contribution in [0.4, 0.5) is 5.95 Å². The maximum Gasteiger partial charge on any atom is 0.263 e. The van der Waals surface area contributed by atoms with Gasteiger partial charge in [-0.1, -0.05) is 101 Å². The number of allylic oxidation sites excluding steroid dienone is 4. The average molecular weight is 630 g/mol. The fourth-order valence-electron chi connectivity index (χ4n) is 4.55. The van der Waals surface area contributed by atoms with Gasteiger partial charge >= 0.3 is 0 Å². The maximum absolute atomic E-state index is 13.8. The molecule has 9 heteroatoms. The van der Waals surface area contributed by atoms with Gasteiger partial charge in [-0.25, -0.2) is 4.98 Å². The van der Waals surface area contributed by atoms with E-state index in [-0.39, 0.29) is 29.4 Å². The van der Waals surface area contributed by atoms with Crippen LogP contribution in [0.1, 0.15) is 91.1 Å². The molecule has 0 spiro atoms. The topological polar surface area (TPSA) is 132 Å². The molecule has 1 aromatic heterocycles. The zero-order valence-electron chi connectivity index (χ0n) is 28.8. The Kier molecular flexibility index (Phi) is 17.2. The first-order chi connectivity index (χ1) is 22.1. The average Bonchev–Trinajstić information content (AvgIpc) is 3.05. The van der Waals surface area contributed by atoms with E-state index in [2.05, 4.69) is 22.0 Å². The minimum absolute atomic E-state index is 0.0146. The number of oxime groups is 1. The molecule has 0 saturated carbocycles. The monoisotopic (exact) mass is 629 g/mol. The highest BCUT2D eigenvalue weighted by molar-refractivity contribution is 6.10.